The molecule has 0 fully saturated rings. The smallest absolute Gasteiger partial charge is 0.255 e. The van der Waals surface area contributed by atoms with Crippen molar-refractivity contribution in [3.05, 3.63) is 60.3 Å². The topological polar surface area (TPSA) is 103 Å². The number of aromatic nitrogens is 1. The SMILES string of the molecule is COc1ccc(S(N)(=O)=O)cc1C(=O)NCCCn1ccc2ccccc21. The fourth-order valence-electron chi connectivity index (χ4n) is 2.92. The molecule has 0 bridgehead atoms. The third-order valence-corrected chi connectivity index (χ3v) is 5.20. The van der Waals surface area contributed by atoms with Crippen molar-refractivity contribution in [2.24, 2.45) is 5.14 Å². The van der Waals surface area contributed by atoms with E-state index < -0.39 is 15.9 Å². The zero-order valence-corrected chi connectivity index (χ0v) is 15.7. The van der Waals surface area contributed by atoms with Crippen molar-refractivity contribution >= 4 is 26.8 Å². The molecule has 0 radical (unpaired) electrons. The Morgan fingerprint density at radius 1 is 1.19 bits per heavy atom. The van der Waals surface area contributed by atoms with Crippen molar-refractivity contribution in [2.75, 3.05) is 13.7 Å². The lowest BCUT2D eigenvalue weighted by Crippen LogP contribution is -2.26. The van der Waals surface area contributed by atoms with Crippen LogP contribution in [0, 0.1) is 0 Å². The zero-order chi connectivity index (χ0) is 19.4. The lowest BCUT2D eigenvalue weighted by Gasteiger charge is -2.11. The van der Waals surface area contributed by atoms with Crippen molar-refractivity contribution < 1.29 is 17.9 Å². The van der Waals surface area contributed by atoms with Gasteiger partial charge in [0.15, 0.2) is 0 Å². The number of nitrogens with zero attached hydrogens (tertiary/aromatic N) is 1. The number of carbonyl (C=O) groups is 1. The maximum Gasteiger partial charge on any atom is 0.255 e. The highest BCUT2D eigenvalue weighted by Crippen LogP contribution is 2.22. The van der Waals surface area contributed by atoms with Gasteiger partial charge in [-0.2, -0.15) is 0 Å². The van der Waals surface area contributed by atoms with E-state index in [1.165, 1.54) is 30.7 Å². The molecule has 0 saturated heterocycles. The number of primary sulfonamides is 1. The van der Waals surface area contributed by atoms with Crippen molar-refractivity contribution in [1.82, 2.24) is 9.88 Å². The van der Waals surface area contributed by atoms with Crippen LogP contribution in [0.15, 0.2) is 59.6 Å². The lowest BCUT2D eigenvalue weighted by molar-refractivity contribution is 0.0949. The maximum atomic E-state index is 12.4. The van der Waals surface area contributed by atoms with Crippen molar-refractivity contribution in [1.29, 1.82) is 0 Å². The molecule has 2 aromatic carbocycles. The number of aryl methyl sites for hydroxylation is 1. The van der Waals surface area contributed by atoms with Gasteiger partial charge in [-0.3, -0.25) is 4.79 Å². The number of benzene rings is 2. The number of para-hydroxylation sites is 1. The first-order valence-corrected chi connectivity index (χ1v) is 9.97. The molecule has 0 aliphatic rings. The number of nitrogens with one attached hydrogen (secondary N) is 1. The highest BCUT2D eigenvalue weighted by atomic mass is 32.2. The molecule has 27 heavy (non-hydrogen) atoms. The second kappa shape index (κ2) is 7.81. The summed E-state index contributed by atoms with van der Waals surface area (Å²) < 4.78 is 30.3. The quantitative estimate of drug-likeness (QED) is 0.606. The van der Waals surface area contributed by atoms with Crippen LogP contribution in [-0.4, -0.2) is 32.5 Å². The summed E-state index contributed by atoms with van der Waals surface area (Å²) >= 11 is 0. The summed E-state index contributed by atoms with van der Waals surface area (Å²) in [6, 6.07) is 14.1. The minimum absolute atomic E-state index is 0.132. The first-order chi connectivity index (χ1) is 12.9. The highest BCUT2D eigenvalue weighted by Gasteiger charge is 2.17. The summed E-state index contributed by atoms with van der Waals surface area (Å²) in [6.45, 7) is 1.19. The minimum Gasteiger partial charge on any atom is -0.496 e. The average Bonchev–Trinajstić information content (AvgIpc) is 3.07. The Morgan fingerprint density at radius 2 is 1.96 bits per heavy atom. The van der Waals surface area contributed by atoms with Gasteiger partial charge in [-0.25, -0.2) is 13.6 Å². The van der Waals surface area contributed by atoms with Crippen LogP contribution in [0.1, 0.15) is 16.8 Å². The van der Waals surface area contributed by atoms with Crippen molar-refractivity contribution in [3.63, 3.8) is 0 Å². The van der Waals surface area contributed by atoms with Crippen molar-refractivity contribution in [2.45, 2.75) is 17.9 Å². The molecule has 0 saturated carbocycles. The second-order valence-corrected chi connectivity index (χ2v) is 7.65. The third kappa shape index (κ3) is 4.29. The van der Waals surface area contributed by atoms with E-state index in [0.717, 1.165) is 18.5 Å². The van der Waals surface area contributed by atoms with E-state index in [0.29, 0.717) is 6.54 Å². The van der Waals surface area contributed by atoms with Crippen LogP contribution < -0.4 is 15.2 Å². The number of ether oxygens (including phenoxy) is 1. The molecule has 0 spiro atoms. The summed E-state index contributed by atoms with van der Waals surface area (Å²) in [5, 5.41) is 9.10. The third-order valence-electron chi connectivity index (χ3n) is 4.29. The highest BCUT2D eigenvalue weighted by molar-refractivity contribution is 7.89. The van der Waals surface area contributed by atoms with Crippen LogP contribution in [0.4, 0.5) is 0 Å². The summed E-state index contributed by atoms with van der Waals surface area (Å²) in [4.78, 5) is 12.3. The Hall–Kier alpha value is -2.84. The number of nitrogens with two attached hydrogens (primary N) is 1. The van der Waals surface area contributed by atoms with Crippen LogP contribution in [-0.2, 0) is 16.6 Å². The molecule has 3 aromatic rings. The summed E-state index contributed by atoms with van der Waals surface area (Å²) in [5.74, 6) is -0.119. The number of hydrogen-bond acceptors (Lipinski definition) is 4. The monoisotopic (exact) mass is 387 g/mol. The van der Waals surface area contributed by atoms with Gasteiger partial charge in [0.1, 0.15) is 5.75 Å². The largest absolute Gasteiger partial charge is 0.496 e. The normalized spacial score (nSPS) is 11.5. The van der Waals surface area contributed by atoms with E-state index >= 15 is 0 Å². The molecule has 1 heterocycles. The van der Waals surface area contributed by atoms with Gasteiger partial charge in [-0.05, 0) is 42.1 Å². The molecule has 1 amide bonds. The minimum atomic E-state index is -3.90. The van der Waals surface area contributed by atoms with Gasteiger partial charge in [0, 0.05) is 24.8 Å². The van der Waals surface area contributed by atoms with Gasteiger partial charge in [-0.15, -0.1) is 0 Å². The van der Waals surface area contributed by atoms with Crippen LogP contribution in [0.3, 0.4) is 0 Å². The van der Waals surface area contributed by atoms with E-state index in [9.17, 15) is 13.2 Å². The van der Waals surface area contributed by atoms with Crippen molar-refractivity contribution in [3.8, 4) is 5.75 Å². The van der Waals surface area contributed by atoms with E-state index in [-0.39, 0.29) is 16.2 Å². The average molecular weight is 387 g/mol. The number of sulfonamides is 1. The molecule has 1 aromatic heterocycles. The van der Waals surface area contributed by atoms with E-state index in [2.05, 4.69) is 28.1 Å². The number of hydrogen-bond donors (Lipinski definition) is 2. The van der Waals surface area contributed by atoms with Crippen LogP contribution in [0.25, 0.3) is 10.9 Å². The second-order valence-electron chi connectivity index (χ2n) is 6.08. The predicted molar refractivity (Wildman–Crippen MR) is 103 cm³/mol. The molecule has 0 aliphatic heterocycles. The number of rotatable bonds is 7. The standard InChI is InChI=1S/C19H21N3O4S/c1-26-18-8-7-15(27(20,24)25)13-16(18)19(23)21-10-4-11-22-12-9-14-5-2-3-6-17(14)22/h2-3,5-9,12-13H,4,10-11H2,1H3,(H,21,23)(H2,20,24,25). The number of fused-ring (bicyclic) bond motifs is 1. The van der Waals surface area contributed by atoms with Gasteiger partial charge < -0.3 is 14.6 Å². The molecular formula is C19H21N3O4S. The van der Waals surface area contributed by atoms with Crippen LogP contribution in [0.2, 0.25) is 0 Å². The Balaban J connectivity index is 1.64. The van der Waals surface area contributed by atoms with Gasteiger partial charge >= 0.3 is 0 Å². The van der Waals surface area contributed by atoms with Gasteiger partial charge in [0.2, 0.25) is 10.0 Å². The molecule has 3 N–H and O–H groups in total. The number of amides is 1. The molecular weight excluding hydrogens is 366 g/mol. The summed E-state index contributed by atoms with van der Waals surface area (Å²) in [7, 11) is -2.48. The van der Waals surface area contributed by atoms with Crippen LogP contribution >= 0.6 is 0 Å². The molecule has 0 unspecified atom stereocenters. The Morgan fingerprint density at radius 3 is 2.70 bits per heavy atom. The maximum absolute atomic E-state index is 12.4. The van der Waals surface area contributed by atoms with Gasteiger partial charge in [-0.1, -0.05) is 18.2 Å². The molecule has 142 valence electrons. The Labute approximate surface area is 157 Å². The van der Waals surface area contributed by atoms with Gasteiger partial charge in [0.05, 0.1) is 17.6 Å². The first-order valence-electron chi connectivity index (χ1n) is 8.43. The van der Waals surface area contributed by atoms with E-state index in [1.54, 1.807) is 0 Å². The summed E-state index contributed by atoms with van der Waals surface area (Å²) in [6.07, 6.45) is 2.74. The number of methoxy groups -OCH3 is 1. The predicted octanol–water partition coefficient (Wildman–Crippen LogP) is 2.12. The zero-order valence-electron chi connectivity index (χ0n) is 14.9. The molecule has 7 nitrogen and oxygen atoms in total. The fourth-order valence-corrected chi connectivity index (χ4v) is 3.46. The molecule has 8 heteroatoms. The lowest BCUT2D eigenvalue weighted by atomic mass is 10.2. The van der Waals surface area contributed by atoms with Crippen LogP contribution in [0.5, 0.6) is 5.75 Å². The molecule has 0 atom stereocenters. The van der Waals surface area contributed by atoms with Gasteiger partial charge in [0.25, 0.3) is 5.91 Å². The Bertz CT molecular complexity index is 1070. The molecule has 3 rings (SSSR count). The fraction of sp³-hybridized carbons (Fsp3) is 0.211. The first kappa shape index (κ1) is 18.9. The summed E-state index contributed by atoms with van der Waals surface area (Å²) in [5.41, 5.74) is 1.28. The molecule has 0 aliphatic carbocycles. The van der Waals surface area contributed by atoms with E-state index in [4.69, 9.17) is 9.88 Å². The Kier molecular flexibility index (Phi) is 5.48. The number of carbonyl (C=O) groups excluding carboxylic acids is 1. The van der Waals surface area contributed by atoms with E-state index in [1.807, 2.05) is 18.3 Å².